The Hall–Kier alpha value is -3.29. The molecule has 3 aromatic rings. The standard InChI is InChI=1S/C23H28N4O4/c1-15-11-17-22(23(29)26-10-6-4-5-7-20(26)25-17)27(15)14-21(28)24-13-16-8-9-18(30-2)19(12-16)31-3/h8-9,11-12H,4-7,10,13-14H2,1-3H3,(H,24,28). The van der Waals surface area contributed by atoms with Crippen LogP contribution in [0.15, 0.2) is 29.1 Å². The largest absolute Gasteiger partial charge is 0.493 e. The Morgan fingerprint density at radius 2 is 1.94 bits per heavy atom. The molecule has 1 aromatic carbocycles. The number of methoxy groups -OCH3 is 2. The van der Waals surface area contributed by atoms with Crippen LogP contribution in [-0.2, 0) is 30.8 Å². The van der Waals surface area contributed by atoms with Crippen LogP contribution in [0.2, 0.25) is 0 Å². The number of fused-ring (bicyclic) bond motifs is 2. The Balaban J connectivity index is 1.54. The van der Waals surface area contributed by atoms with Crippen molar-refractivity contribution in [1.29, 1.82) is 0 Å². The van der Waals surface area contributed by atoms with Gasteiger partial charge in [0.1, 0.15) is 17.9 Å². The summed E-state index contributed by atoms with van der Waals surface area (Å²) < 4.78 is 14.1. The molecule has 4 rings (SSSR count). The normalized spacial score (nSPS) is 13.5. The molecule has 0 spiro atoms. The van der Waals surface area contributed by atoms with E-state index in [9.17, 15) is 9.59 Å². The third kappa shape index (κ3) is 4.15. The number of aryl methyl sites for hydroxylation is 2. The number of ether oxygens (including phenoxy) is 2. The third-order valence-electron chi connectivity index (χ3n) is 5.81. The molecule has 3 heterocycles. The van der Waals surface area contributed by atoms with Gasteiger partial charge in [0.2, 0.25) is 5.91 Å². The molecule has 0 saturated carbocycles. The van der Waals surface area contributed by atoms with Crippen LogP contribution in [0, 0.1) is 6.92 Å². The Bertz CT molecular complexity index is 1180. The molecule has 0 unspecified atom stereocenters. The zero-order valence-electron chi connectivity index (χ0n) is 18.2. The van der Waals surface area contributed by atoms with Crippen molar-refractivity contribution in [3.8, 4) is 11.5 Å². The molecule has 0 radical (unpaired) electrons. The summed E-state index contributed by atoms with van der Waals surface area (Å²) in [6.45, 7) is 3.01. The Morgan fingerprint density at radius 3 is 2.71 bits per heavy atom. The highest BCUT2D eigenvalue weighted by Gasteiger charge is 2.19. The van der Waals surface area contributed by atoms with Crippen molar-refractivity contribution < 1.29 is 14.3 Å². The van der Waals surface area contributed by atoms with Gasteiger partial charge in [-0.2, -0.15) is 0 Å². The zero-order valence-corrected chi connectivity index (χ0v) is 18.2. The van der Waals surface area contributed by atoms with Crippen LogP contribution < -0.4 is 20.3 Å². The molecule has 1 amide bonds. The van der Waals surface area contributed by atoms with Crippen LogP contribution >= 0.6 is 0 Å². The summed E-state index contributed by atoms with van der Waals surface area (Å²) in [5.74, 6) is 1.93. The van der Waals surface area contributed by atoms with E-state index in [-0.39, 0.29) is 18.0 Å². The number of benzene rings is 1. The fourth-order valence-corrected chi connectivity index (χ4v) is 4.16. The fraction of sp³-hybridized carbons (Fsp3) is 0.435. The molecular formula is C23H28N4O4. The van der Waals surface area contributed by atoms with Crippen LogP contribution in [0.25, 0.3) is 11.0 Å². The van der Waals surface area contributed by atoms with Gasteiger partial charge in [-0.25, -0.2) is 4.98 Å². The molecule has 1 aliphatic heterocycles. The van der Waals surface area contributed by atoms with Crippen molar-refractivity contribution >= 4 is 16.9 Å². The minimum Gasteiger partial charge on any atom is -0.493 e. The maximum absolute atomic E-state index is 13.2. The number of hydrogen-bond acceptors (Lipinski definition) is 5. The van der Waals surface area contributed by atoms with E-state index >= 15 is 0 Å². The first-order chi connectivity index (χ1) is 15.0. The van der Waals surface area contributed by atoms with Crippen molar-refractivity contribution in [3.05, 3.63) is 51.7 Å². The second-order valence-corrected chi connectivity index (χ2v) is 7.87. The molecular weight excluding hydrogens is 396 g/mol. The topological polar surface area (TPSA) is 87.4 Å². The number of carbonyl (C=O) groups is 1. The zero-order chi connectivity index (χ0) is 22.0. The number of hydrogen-bond donors (Lipinski definition) is 1. The highest BCUT2D eigenvalue weighted by molar-refractivity contribution is 5.81. The predicted octanol–water partition coefficient (Wildman–Crippen LogP) is 2.57. The number of nitrogens with zero attached hydrogens (tertiary/aromatic N) is 3. The molecule has 8 heteroatoms. The van der Waals surface area contributed by atoms with Crippen LogP contribution in [0.4, 0.5) is 0 Å². The van der Waals surface area contributed by atoms with Crippen LogP contribution in [0.5, 0.6) is 11.5 Å². The number of nitrogens with one attached hydrogen (secondary N) is 1. The van der Waals surface area contributed by atoms with E-state index in [0.717, 1.165) is 42.8 Å². The molecule has 0 fully saturated rings. The Kier molecular flexibility index (Phi) is 5.97. The lowest BCUT2D eigenvalue weighted by molar-refractivity contribution is -0.121. The number of rotatable bonds is 6. The summed E-state index contributed by atoms with van der Waals surface area (Å²) in [5, 5.41) is 2.92. The highest BCUT2D eigenvalue weighted by atomic mass is 16.5. The average Bonchev–Trinajstić information content (AvgIpc) is 2.93. The van der Waals surface area contributed by atoms with Crippen molar-refractivity contribution in [2.24, 2.45) is 0 Å². The van der Waals surface area contributed by atoms with Gasteiger partial charge >= 0.3 is 0 Å². The van der Waals surface area contributed by atoms with Gasteiger partial charge in [0.15, 0.2) is 11.5 Å². The lowest BCUT2D eigenvalue weighted by Gasteiger charge is -2.13. The third-order valence-corrected chi connectivity index (χ3v) is 5.81. The number of carbonyl (C=O) groups excluding carboxylic acids is 1. The lowest BCUT2D eigenvalue weighted by atomic mass is 10.2. The van der Waals surface area contributed by atoms with Gasteiger partial charge in [-0.3, -0.25) is 14.2 Å². The number of amides is 1. The maximum Gasteiger partial charge on any atom is 0.278 e. The average molecular weight is 425 g/mol. The van der Waals surface area contributed by atoms with Crippen LogP contribution in [-0.4, -0.2) is 34.2 Å². The lowest BCUT2D eigenvalue weighted by Crippen LogP contribution is -2.30. The molecule has 0 bridgehead atoms. The monoisotopic (exact) mass is 424 g/mol. The molecule has 2 aromatic heterocycles. The molecule has 1 N–H and O–H groups in total. The Labute approximate surface area is 180 Å². The van der Waals surface area contributed by atoms with Crippen LogP contribution in [0.3, 0.4) is 0 Å². The van der Waals surface area contributed by atoms with Gasteiger partial charge in [-0.1, -0.05) is 12.5 Å². The van der Waals surface area contributed by atoms with E-state index in [4.69, 9.17) is 14.5 Å². The summed E-state index contributed by atoms with van der Waals surface area (Å²) in [5.41, 5.74) is 2.87. The van der Waals surface area contributed by atoms with E-state index in [0.29, 0.717) is 35.6 Å². The highest BCUT2D eigenvalue weighted by Crippen LogP contribution is 2.27. The van der Waals surface area contributed by atoms with Crippen molar-refractivity contribution in [3.63, 3.8) is 0 Å². The SMILES string of the molecule is COc1ccc(CNC(=O)Cn2c(C)cc3nc4n(c(=O)c32)CCCCC4)cc1OC. The van der Waals surface area contributed by atoms with Crippen molar-refractivity contribution in [2.75, 3.05) is 14.2 Å². The van der Waals surface area contributed by atoms with Crippen molar-refractivity contribution in [2.45, 2.75) is 52.2 Å². The second-order valence-electron chi connectivity index (χ2n) is 7.87. The van der Waals surface area contributed by atoms with E-state index in [1.807, 2.05) is 31.2 Å². The second kappa shape index (κ2) is 8.83. The van der Waals surface area contributed by atoms with Gasteiger partial charge in [0.25, 0.3) is 5.56 Å². The fourth-order valence-electron chi connectivity index (χ4n) is 4.16. The van der Waals surface area contributed by atoms with E-state index in [1.54, 1.807) is 23.4 Å². The molecule has 0 saturated heterocycles. The first-order valence-corrected chi connectivity index (χ1v) is 10.6. The van der Waals surface area contributed by atoms with Gasteiger partial charge in [0.05, 0.1) is 19.7 Å². The van der Waals surface area contributed by atoms with E-state index < -0.39 is 0 Å². The van der Waals surface area contributed by atoms with Gasteiger partial charge < -0.3 is 19.4 Å². The quantitative estimate of drug-likeness (QED) is 0.657. The molecule has 0 aliphatic carbocycles. The molecule has 31 heavy (non-hydrogen) atoms. The van der Waals surface area contributed by atoms with Crippen molar-refractivity contribution in [1.82, 2.24) is 19.4 Å². The number of aromatic nitrogens is 3. The molecule has 0 atom stereocenters. The minimum atomic E-state index is -0.172. The molecule has 8 nitrogen and oxygen atoms in total. The molecule has 1 aliphatic rings. The minimum absolute atomic E-state index is 0.0531. The Morgan fingerprint density at radius 1 is 1.13 bits per heavy atom. The van der Waals surface area contributed by atoms with Gasteiger partial charge in [-0.05, 0) is 43.5 Å². The predicted molar refractivity (Wildman–Crippen MR) is 118 cm³/mol. The first kappa shape index (κ1) is 21.0. The maximum atomic E-state index is 13.2. The summed E-state index contributed by atoms with van der Waals surface area (Å²) in [6, 6.07) is 7.41. The summed E-state index contributed by atoms with van der Waals surface area (Å²) in [6.07, 6.45) is 3.95. The van der Waals surface area contributed by atoms with Gasteiger partial charge in [0, 0.05) is 25.2 Å². The summed E-state index contributed by atoms with van der Waals surface area (Å²) in [4.78, 5) is 30.6. The summed E-state index contributed by atoms with van der Waals surface area (Å²) >= 11 is 0. The van der Waals surface area contributed by atoms with Crippen LogP contribution in [0.1, 0.15) is 36.3 Å². The smallest absolute Gasteiger partial charge is 0.278 e. The molecule has 164 valence electrons. The van der Waals surface area contributed by atoms with E-state index in [1.165, 1.54) is 0 Å². The van der Waals surface area contributed by atoms with Gasteiger partial charge in [-0.15, -0.1) is 0 Å². The summed E-state index contributed by atoms with van der Waals surface area (Å²) in [7, 11) is 3.16. The first-order valence-electron chi connectivity index (χ1n) is 10.6. The van der Waals surface area contributed by atoms with E-state index in [2.05, 4.69) is 5.32 Å².